The fourth-order valence-corrected chi connectivity index (χ4v) is 3.46. The minimum absolute atomic E-state index is 0.138. The van der Waals surface area contributed by atoms with Gasteiger partial charge in [-0.25, -0.2) is 0 Å². The second-order valence-corrected chi connectivity index (χ2v) is 5.23. The third kappa shape index (κ3) is 1.96. The van der Waals surface area contributed by atoms with Crippen LogP contribution in [0.25, 0.3) is 0 Å². The molecule has 0 aromatic carbocycles. The number of rotatable bonds is 1. The lowest BCUT2D eigenvalue weighted by molar-refractivity contribution is -0.126. The Morgan fingerprint density at radius 2 is 2.00 bits per heavy atom. The highest BCUT2D eigenvalue weighted by molar-refractivity contribution is 7.98. The molecule has 1 aliphatic carbocycles. The summed E-state index contributed by atoms with van der Waals surface area (Å²) in [5, 5.41) is -0.271. The minimum Gasteiger partial charge on any atom is -0.282 e. The average Bonchev–Trinajstić information content (AvgIpc) is 2.49. The van der Waals surface area contributed by atoms with Crippen LogP contribution >= 0.6 is 23.5 Å². The molecule has 1 saturated carbocycles. The van der Waals surface area contributed by atoms with Gasteiger partial charge in [0.2, 0.25) is 0 Å². The first-order valence-electron chi connectivity index (χ1n) is 4.89. The molecule has 2 aliphatic rings. The number of nitrogens with zero attached hydrogens (tertiary/aromatic N) is 1. The highest BCUT2D eigenvalue weighted by Crippen LogP contribution is 2.33. The minimum atomic E-state index is -0.271. The van der Waals surface area contributed by atoms with Crippen molar-refractivity contribution in [2.75, 3.05) is 5.75 Å². The van der Waals surface area contributed by atoms with E-state index in [-0.39, 0.29) is 11.3 Å². The van der Waals surface area contributed by atoms with Crippen molar-refractivity contribution in [3.05, 3.63) is 0 Å². The summed E-state index contributed by atoms with van der Waals surface area (Å²) in [7, 11) is 0. The number of carbonyl (C=O) groups excluding carboxylic acids is 1. The van der Waals surface area contributed by atoms with Crippen LogP contribution in [0.5, 0.6) is 0 Å². The standard InChI is InChI=1S/C9H14ClNOS/c10-8-6-13-11(9(8)12)7-4-2-1-3-5-7/h7-8H,1-6H2. The molecule has 0 aromatic rings. The zero-order valence-electron chi connectivity index (χ0n) is 7.54. The van der Waals surface area contributed by atoms with Crippen LogP contribution < -0.4 is 0 Å². The molecule has 1 amide bonds. The molecule has 1 unspecified atom stereocenters. The maximum Gasteiger partial charge on any atom is 0.251 e. The first-order valence-corrected chi connectivity index (χ1v) is 6.27. The summed E-state index contributed by atoms with van der Waals surface area (Å²) in [6.07, 6.45) is 6.20. The molecule has 0 radical (unpaired) electrons. The van der Waals surface area contributed by atoms with E-state index in [1.54, 1.807) is 11.9 Å². The monoisotopic (exact) mass is 219 g/mol. The molecule has 74 valence electrons. The van der Waals surface area contributed by atoms with E-state index >= 15 is 0 Å². The zero-order valence-corrected chi connectivity index (χ0v) is 9.11. The van der Waals surface area contributed by atoms with Gasteiger partial charge in [0, 0.05) is 11.8 Å². The van der Waals surface area contributed by atoms with Gasteiger partial charge >= 0.3 is 0 Å². The lowest BCUT2D eigenvalue weighted by Gasteiger charge is -2.29. The molecule has 13 heavy (non-hydrogen) atoms. The Balaban J connectivity index is 1.96. The summed E-state index contributed by atoms with van der Waals surface area (Å²) in [5.74, 6) is 0.898. The molecule has 2 rings (SSSR count). The number of halogens is 1. The number of alkyl halides is 1. The van der Waals surface area contributed by atoms with Crippen molar-refractivity contribution in [2.45, 2.75) is 43.5 Å². The second kappa shape index (κ2) is 4.09. The van der Waals surface area contributed by atoms with E-state index in [2.05, 4.69) is 0 Å². The van der Waals surface area contributed by atoms with Crippen molar-refractivity contribution in [2.24, 2.45) is 0 Å². The van der Waals surface area contributed by atoms with Crippen molar-refractivity contribution < 1.29 is 4.79 Å². The van der Waals surface area contributed by atoms with Crippen LogP contribution in [0.2, 0.25) is 0 Å². The van der Waals surface area contributed by atoms with Crippen LogP contribution in [0, 0.1) is 0 Å². The maximum absolute atomic E-state index is 11.6. The Labute approximate surface area is 88.1 Å². The van der Waals surface area contributed by atoms with E-state index in [0.29, 0.717) is 6.04 Å². The van der Waals surface area contributed by atoms with Crippen LogP contribution in [-0.2, 0) is 4.79 Å². The molecule has 1 heterocycles. The zero-order chi connectivity index (χ0) is 9.26. The van der Waals surface area contributed by atoms with Gasteiger partial charge in [-0.1, -0.05) is 19.3 Å². The lowest BCUT2D eigenvalue weighted by Crippen LogP contribution is -2.35. The Hall–Kier alpha value is 0.110. The maximum atomic E-state index is 11.6. The summed E-state index contributed by atoms with van der Waals surface area (Å²) in [5.41, 5.74) is 0. The first kappa shape index (κ1) is 9.66. The molecule has 1 saturated heterocycles. The van der Waals surface area contributed by atoms with Gasteiger partial charge in [-0.2, -0.15) is 0 Å². The van der Waals surface area contributed by atoms with Crippen LogP contribution in [0.1, 0.15) is 32.1 Å². The first-order chi connectivity index (χ1) is 6.29. The van der Waals surface area contributed by atoms with E-state index in [1.807, 2.05) is 4.31 Å². The van der Waals surface area contributed by atoms with Gasteiger partial charge in [-0.3, -0.25) is 9.10 Å². The predicted octanol–water partition coefficient (Wildman–Crippen LogP) is 2.42. The molecule has 0 N–H and O–H groups in total. The Bertz CT molecular complexity index is 206. The van der Waals surface area contributed by atoms with Crippen LogP contribution in [-0.4, -0.2) is 27.4 Å². The van der Waals surface area contributed by atoms with Gasteiger partial charge in [0.25, 0.3) is 5.91 Å². The predicted molar refractivity (Wildman–Crippen MR) is 55.8 cm³/mol. The van der Waals surface area contributed by atoms with Gasteiger partial charge in [0.15, 0.2) is 0 Å². The Morgan fingerprint density at radius 1 is 1.31 bits per heavy atom. The Morgan fingerprint density at radius 3 is 2.54 bits per heavy atom. The topological polar surface area (TPSA) is 20.3 Å². The number of hydrogen-bond donors (Lipinski definition) is 0. The smallest absolute Gasteiger partial charge is 0.251 e. The van der Waals surface area contributed by atoms with E-state index in [1.165, 1.54) is 32.1 Å². The highest BCUT2D eigenvalue weighted by Gasteiger charge is 2.35. The summed E-state index contributed by atoms with van der Waals surface area (Å²) in [4.78, 5) is 11.6. The number of amides is 1. The highest BCUT2D eigenvalue weighted by atomic mass is 35.5. The molecule has 1 aliphatic heterocycles. The van der Waals surface area contributed by atoms with Crippen molar-refractivity contribution in [1.29, 1.82) is 0 Å². The third-order valence-corrected chi connectivity index (χ3v) is 4.51. The third-order valence-electron chi connectivity index (χ3n) is 2.75. The van der Waals surface area contributed by atoms with Crippen molar-refractivity contribution in [1.82, 2.24) is 4.31 Å². The summed E-state index contributed by atoms with van der Waals surface area (Å²) >= 11 is 7.48. The van der Waals surface area contributed by atoms with Gasteiger partial charge in [0.05, 0.1) is 0 Å². The van der Waals surface area contributed by atoms with Gasteiger partial charge < -0.3 is 0 Å². The molecule has 2 nitrogen and oxygen atoms in total. The van der Waals surface area contributed by atoms with Gasteiger partial charge in [-0.05, 0) is 24.8 Å². The molecule has 2 fully saturated rings. The fourth-order valence-electron chi connectivity index (χ4n) is 2.02. The Kier molecular flexibility index (Phi) is 3.04. The normalized spacial score (nSPS) is 31.3. The van der Waals surface area contributed by atoms with Crippen LogP contribution in [0.15, 0.2) is 0 Å². The second-order valence-electron chi connectivity index (χ2n) is 3.72. The molecular weight excluding hydrogens is 206 g/mol. The van der Waals surface area contributed by atoms with E-state index in [9.17, 15) is 4.79 Å². The molecule has 4 heteroatoms. The van der Waals surface area contributed by atoms with Crippen molar-refractivity contribution in [3.63, 3.8) is 0 Å². The van der Waals surface area contributed by atoms with Crippen LogP contribution in [0.3, 0.4) is 0 Å². The van der Waals surface area contributed by atoms with Gasteiger partial charge in [0.1, 0.15) is 5.38 Å². The molecule has 1 atom stereocenters. The van der Waals surface area contributed by atoms with Crippen molar-refractivity contribution >= 4 is 29.5 Å². The summed E-state index contributed by atoms with van der Waals surface area (Å²) in [6, 6.07) is 0.468. The van der Waals surface area contributed by atoms with E-state index < -0.39 is 0 Å². The molecule has 0 spiro atoms. The largest absolute Gasteiger partial charge is 0.282 e. The SMILES string of the molecule is O=C1C(Cl)CSN1C1CCCCC1. The fraction of sp³-hybridized carbons (Fsp3) is 0.889. The molecule has 0 aromatic heterocycles. The van der Waals surface area contributed by atoms with Gasteiger partial charge in [-0.15, -0.1) is 11.6 Å². The quantitative estimate of drug-likeness (QED) is 0.499. The van der Waals surface area contributed by atoms with E-state index in [0.717, 1.165) is 5.75 Å². The summed E-state index contributed by atoms with van der Waals surface area (Å²) < 4.78 is 1.93. The molecular formula is C9H14ClNOS. The lowest BCUT2D eigenvalue weighted by atomic mass is 9.95. The average molecular weight is 220 g/mol. The number of carbonyl (C=O) groups is 1. The van der Waals surface area contributed by atoms with E-state index in [4.69, 9.17) is 11.6 Å². The molecule has 0 bridgehead atoms. The summed E-state index contributed by atoms with van der Waals surface area (Å²) in [6.45, 7) is 0. The van der Waals surface area contributed by atoms with Crippen LogP contribution in [0.4, 0.5) is 0 Å². The number of hydrogen-bond acceptors (Lipinski definition) is 2. The van der Waals surface area contributed by atoms with Crippen molar-refractivity contribution in [3.8, 4) is 0 Å².